The molecule has 4 aromatic rings. The van der Waals surface area contributed by atoms with Crippen molar-refractivity contribution >= 4 is 27.8 Å². The Morgan fingerprint density at radius 3 is 2.56 bits per heavy atom. The van der Waals surface area contributed by atoms with E-state index in [0.29, 0.717) is 0 Å². The average molecular weight is 330 g/mol. The molecule has 25 heavy (non-hydrogen) atoms. The Kier molecular flexibility index (Phi) is 3.94. The van der Waals surface area contributed by atoms with Crippen molar-refractivity contribution in [2.45, 2.75) is 20.1 Å². The summed E-state index contributed by atoms with van der Waals surface area (Å²) in [5, 5.41) is 2.31. The van der Waals surface area contributed by atoms with E-state index in [-0.39, 0.29) is 12.6 Å². The van der Waals surface area contributed by atoms with Crippen molar-refractivity contribution in [1.29, 1.82) is 0 Å². The van der Waals surface area contributed by atoms with Gasteiger partial charge in [-0.2, -0.15) is 0 Å². The molecular formula is C21H18N2O2. The molecule has 0 N–H and O–H groups in total. The second-order valence-corrected chi connectivity index (χ2v) is 6.06. The minimum Gasteiger partial charge on any atom is -0.459 e. The van der Waals surface area contributed by atoms with Crippen LogP contribution in [0.1, 0.15) is 18.2 Å². The summed E-state index contributed by atoms with van der Waals surface area (Å²) >= 11 is 0. The zero-order valence-electron chi connectivity index (χ0n) is 14.0. The second-order valence-electron chi connectivity index (χ2n) is 6.06. The number of carbonyl (C=O) groups is 1. The highest BCUT2D eigenvalue weighted by Crippen LogP contribution is 2.29. The van der Waals surface area contributed by atoms with Gasteiger partial charge in [-0.3, -0.25) is 9.78 Å². The maximum Gasteiger partial charge on any atom is 0.303 e. The number of pyridine rings is 1. The van der Waals surface area contributed by atoms with Crippen LogP contribution >= 0.6 is 0 Å². The number of nitrogens with zero attached hydrogens (tertiary/aromatic N) is 2. The molecule has 0 unspecified atom stereocenters. The number of aromatic nitrogens is 2. The Labute approximate surface area is 145 Å². The molecule has 4 rings (SSSR count). The molecule has 0 atom stereocenters. The molecule has 2 heterocycles. The molecule has 2 aromatic heterocycles. The van der Waals surface area contributed by atoms with E-state index in [1.807, 2.05) is 24.4 Å². The van der Waals surface area contributed by atoms with Crippen LogP contribution in [0.25, 0.3) is 21.8 Å². The molecule has 0 aliphatic carbocycles. The number of carbonyl (C=O) groups excluding carboxylic acids is 1. The van der Waals surface area contributed by atoms with Crippen LogP contribution in [0.2, 0.25) is 0 Å². The summed E-state index contributed by atoms with van der Waals surface area (Å²) in [4.78, 5) is 15.5. The molecule has 124 valence electrons. The number of benzene rings is 2. The first-order chi connectivity index (χ1) is 12.2. The molecule has 0 amide bonds. The Balaban J connectivity index is 1.85. The van der Waals surface area contributed by atoms with Crippen LogP contribution in [-0.4, -0.2) is 15.5 Å². The lowest BCUT2D eigenvalue weighted by atomic mass is 10.2. The Morgan fingerprint density at radius 1 is 1.00 bits per heavy atom. The monoisotopic (exact) mass is 330 g/mol. The van der Waals surface area contributed by atoms with E-state index >= 15 is 0 Å². The standard InChI is InChI=1S/C21H18N2O2/c1-15(24)25-14-17-11-19-18-9-5-6-10-20(18)23(21(19)12-22-17)13-16-7-3-2-4-8-16/h2-12H,13-14H2,1H3. The van der Waals surface area contributed by atoms with Crippen molar-refractivity contribution in [2.24, 2.45) is 0 Å². The second kappa shape index (κ2) is 6.40. The molecule has 0 spiro atoms. The molecule has 2 aromatic carbocycles. The van der Waals surface area contributed by atoms with Gasteiger partial charge in [0.2, 0.25) is 0 Å². The average Bonchev–Trinajstić information content (AvgIpc) is 2.95. The largest absolute Gasteiger partial charge is 0.459 e. The van der Waals surface area contributed by atoms with Crippen LogP contribution in [-0.2, 0) is 22.7 Å². The van der Waals surface area contributed by atoms with E-state index in [9.17, 15) is 4.79 Å². The highest BCUT2D eigenvalue weighted by molar-refractivity contribution is 6.07. The van der Waals surface area contributed by atoms with Crippen molar-refractivity contribution in [1.82, 2.24) is 9.55 Å². The SMILES string of the molecule is CC(=O)OCc1cc2c3ccccc3n(Cc3ccccc3)c2cn1. The molecule has 0 fully saturated rings. The van der Waals surface area contributed by atoms with Gasteiger partial charge >= 0.3 is 5.97 Å². The lowest BCUT2D eigenvalue weighted by molar-refractivity contribution is -0.142. The van der Waals surface area contributed by atoms with Crippen molar-refractivity contribution in [3.05, 3.63) is 78.1 Å². The number of para-hydroxylation sites is 1. The summed E-state index contributed by atoms with van der Waals surface area (Å²) in [6.07, 6.45) is 1.87. The molecule has 4 heteroatoms. The molecule has 0 aliphatic heterocycles. The smallest absolute Gasteiger partial charge is 0.303 e. The zero-order valence-corrected chi connectivity index (χ0v) is 14.0. The summed E-state index contributed by atoms with van der Waals surface area (Å²) in [5.74, 6) is -0.298. The van der Waals surface area contributed by atoms with E-state index in [2.05, 4.69) is 52.0 Å². The fraction of sp³-hybridized carbons (Fsp3) is 0.143. The quantitative estimate of drug-likeness (QED) is 0.524. The normalized spacial score (nSPS) is 11.1. The molecule has 0 saturated carbocycles. The van der Waals surface area contributed by atoms with Gasteiger partial charge in [0, 0.05) is 29.8 Å². The predicted molar refractivity (Wildman–Crippen MR) is 98.3 cm³/mol. The van der Waals surface area contributed by atoms with Gasteiger partial charge < -0.3 is 9.30 Å². The molecular weight excluding hydrogens is 312 g/mol. The topological polar surface area (TPSA) is 44.1 Å². The number of ether oxygens (including phenoxy) is 1. The third-order valence-corrected chi connectivity index (χ3v) is 4.32. The highest BCUT2D eigenvalue weighted by Gasteiger charge is 2.12. The summed E-state index contributed by atoms with van der Waals surface area (Å²) in [5.41, 5.74) is 4.25. The first-order valence-electron chi connectivity index (χ1n) is 8.25. The molecule has 4 nitrogen and oxygen atoms in total. The predicted octanol–water partition coefficient (Wildman–Crippen LogP) is 4.30. The van der Waals surface area contributed by atoms with Gasteiger partial charge in [0.15, 0.2) is 0 Å². The van der Waals surface area contributed by atoms with E-state index in [0.717, 1.165) is 23.1 Å². The molecule has 0 saturated heterocycles. The number of rotatable bonds is 4. The number of esters is 1. The number of hydrogen-bond acceptors (Lipinski definition) is 3. The summed E-state index contributed by atoms with van der Waals surface area (Å²) in [6.45, 7) is 2.39. The summed E-state index contributed by atoms with van der Waals surface area (Å²) < 4.78 is 7.36. The van der Waals surface area contributed by atoms with E-state index in [1.54, 1.807) is 0 Å². The van der Waals surface area contributed by atoms with E-state index in [1.165, 1.54) is 23.4 Å². The summed E-state index contributed by atoms with van der Waals surface area (Å²) in [6, 6.07) is 20.7. The fourth-order valence-electron chi connectivity index (χ4n) is 3.18. The van der Waals surface area contributed by atoms with Crippen molar-refractivity contribution < 1.29 is 9.53 Å². The lowest BCUT2D eigenvalue weighted by Gasteiger charge is -2.08. The molecule has 0 aliphatic rings. The van der Waals surface area contributed by atoms with Crippen LogP contribution in [0.15, 0.2) is 66.9 Å². The van der Waals surface area contributed by atoms with Crippen molar-refractivity contribution in [3.63, 3.8) is 0 Å². The van der Waals surface area contributed by atoms with Crippen LogP contribution < -0.4 is 0 Å². The van der Waals surface area contributed by atoms with Crippen molar-refractivity contribution in [2.75, 3.05) is 0 Å². The van der Waals surface area contributed by atoms with Gasteiger partial charge in [0.1, 0.15) is 6.61 Å². The van der Waals surface area contributed by atoms with E-state index in [4.69, 9.17) is 4.74 Å². The van der Waals surface area contributed by atoms with Gasteiger partial charge in [-0.15, -0.1) is 0 Å². The van der Waals surface area contributed by atoms with Crippen LogP contribution in [0.3, 0.4) is 0 Å². The number of hydrogen-bond donors (Lipinski definition) is 0. The van der Waals surface area contributed by atoms with Crippen LogP contribution in [0, 0.1) is 0 Å². The van der Waals surface area contributed by atoms with Gasteiger partial charge in [0.25, 0.3) is 0 Å². The Hall–Kier alpha value is -3.14. The van der Waals surface area contributed by atoms with Crippen LogP contribution in [0.5, 0.6) is 0 Å². The van der Waals surface area contributed by atoms with Gasteiger partial charge in [-0.25, -0.2) is 0 Å². The maximum atomic E-state index is 11.0. The van der Waals surface area contributed by atoms with E-state index < -0.39 is 0 Å². The summed E-state index contributed by atoms with van der Waals surface area (Å²) in [7, 11) is 0. The highest BCUT2D eigenvalue weighted by atomic mass is 16.5. The Morgan fingerprint density at radius 2 is 1.76 bits per heavy atom. The minimum absolute atomic E-state index is 0.198. The minimum atomic E-state index is -0.298. The third-order valence-electron chi connectivity index (χ3n) is 4.32. The van der Waals surface area contributed by atoms with Crippen LogP contribution in [0.4, 0.5) is 0 Å². The number of fused-ring (bicyclic) bond motifs is 3. The van der Waals surface area contributed by atoms with Crippen molar-refractivity contribution in [3.8, 4) is 0 Å². The van der Waals surface area contributed by atoms with Gasteiger partial charge in [-0.05, 0) is 17.7 Å². The van der Waals surface area contributed by atoms with Gasteiger partial charge in [0.05, 0.1) is 17.4 Å². The first kappa shape index (κ1) is 15.4. The fourth-order valence-corrected chi connectivity index (χ4v) is 3.18. The molecule has 0 radical (unpaired) electrons. The first-order valence-corrected chi connectivity index (χ1v) is 8.25. The zero-order chi connectivity index (χ0) is 17.2. The Bertz CT molecular complexity index is 1050. The lowest BCUT2D eigenvalue weighted by Crippen LogP contribution is -2.02. The third kappa shape index (κ3) is 2.98. The molecule has 0 bridgehead atoms. The van der Waals surface area contributed by atoms with Gasteiger partial charge in [-0.1, -0.05) is 48.5 Å². The maximum absolute atomic E-state index is 11.0.